The Labute approximate surface area is 127 Å². The minimum atomic E-state index is 0.663. The summed E-state index contributed by atoms with van der Waals surface area (Å²) in [6, 6.07) is 10.0. The zero-order chi connectivity index (χ0) is 14.7. The van der Waals surface area contributed by atoms with Crippen molar-refractivity contribution in [2.24, 2.45) is 0 Å². The van der Waals surface area contributed by atoms with Gasteiger partial charge in [0.25, 0.3) is 0 Å². The molecule has 4 nitrogen and oxygen atoms in total. The third-order valence-electron chi connectivity index (χ3n) is 3.26. The molecule has 108 valence electrons. The first-order valence-electron chi connectivity index (χ1n) is 6.91. The molecule has 0 bridgehead atoms. The van der Waals surface area contributed by atoms with Crippen LogP contribution in [0.15, 0.2) is 35.7 Å². The second kappa shape index (κ2) is 6.10. The molecular weight excluding hydrogens is 282 g/mol. The summed E-state index contributed by atoms with van der Waals surface area (Å²) in [5.41, 5.74) is 1.10. The lowest BCUT2D eigenvalue weighted by Crippen LogP contribution is -2.05. The fourth-order valence-corrected chi connectivity index (χ4v) is 3.08. The molecule has 0 amide bonds. The Morgan fingerprint density at radius 2 is 2.05 bits per heavy atom. The highest BCUT2D eigenvalue weighted by Crippen LogP contribution is 2.27. The van der Waals surface area contributed by atoms with Gasteiger partial charge in [-0.05, 0) is 24.4 Å². The Hall–Kier alpha value is -2.14. The lowest BCUT2D eigenvalue weighted by atomic mass is 10.1. The number of fused-ring (bicyclic) bond motifs is 1. The molecule has 1 N–H and O–H groups in total. The molecule has 0 radical (unpaired) electrons. The first-order chi connectivity index (χ1) is 10.3. The Morgan fingerprint density at radius 1 is 1.19 bits per heavy atom. The first kappa shape index (κ1) is 13.8. The molecule has 5 heteroatoms. The first-order valence-corrected chi connectivity index (χ1v) is 7.79. The summed E-state index contributed by atoms with van der Waals surface area (Å²) in [6.45, 7) is 2.91. The Balaban J connectivity index is 2.00. The Morgan fingerprint density at radius 3 is 2.86 bits per heavy atom. The van der Waals surface area contributed by atoms with Crippen LogP contribution in [-0.2, 0) is 6.42 Å². The third-order valence-corrected chi connectivity index (χ3v) is 4.06. The molecule has 3 aromatic rings. The van der Waals surface area contributed by atoms with Crippen LogP contribution in [0.4, 0.5) is 5.82 Å². The highest BCUT2D eigenvalue weighted by atomic mass is 32.1. The number of methoxy groups -OCH3 is 1. The molecular formula is C16H17N3OS. The van der Waals surface area contributed by atoms with E-state index in [-0.39, 0.29) is 0 Å². The van der Waals surface area contributed by atoms with E-state index in [0.717, 1.165) is 39.7 Å². The molecule has 0 aliphatic rings. The molecule has 0 aliphatic carbocycles. The minimum absolute atomic E-state index is 0.663. The van der Waals surface area contributed by atoms with E-state index in [1.54, 1.807) is 18.4 Å². The van der Waals surface area contributed by atoms with Crippen molar-refractivity contribution in [3.63, 3.8) is 0 Å². The van der Waals surface area contributed by atoms with Crippen molar-refractivity contribution in [2.75, 3.05) is 19.0 Å². The maximum Gasteiger partial charge on any atom is 0.138 e. The second-order valence-corrected chi connectivity index (χ2v) is 5.54. The number of anilines is 1. The van der Waals surface area contributed by atoms with Gasteiger partial charge in [-0.2, -0.15) is 0 Å². The van der Waals surface area contributed by atoms with Gasteiger partial charge >= 0.3 is 0 Å². The van der Waals surface area contributed by atoms with Crippen molar-refractivity contribution in [1.29, 1.82) is 0 Å². The molecule has 0 saturated carbocycles. The standard InChI is InChI=1S/C16H17N3OS/c1-3-17-15-12-8-9-21-16(12)19-14(18-15)10-11-6-4-5-7-13(11)20-2/h4-9H,3,10H2,1-2H3,(H,17,18,19). The zero-order valence-corrected chi connectivity index (χ0v) is 12.9. The van der Waals surface area contributed by atoms with Crippen LogP contribution >= 0.6 is 11.3 Å². The van der Waals surface area contributed by atoms with Crippen molar-refractivity contribution < 1.29 is 4.74 Å². The number of benzene rings is 1. The van der Waals surface area contributed by atoms with E-state index in [4.69, 9.17) is 4.74 Å². The van der Waals surface area contributed by atoms with Gasteiger partial charge in [-0.1, -0.05) is 18.2 Å². The average Bonchev–Trinajstić information content (AvgIpc) is 2.97. The second-order valence-electron chi connectivity index (χ2n) is 4.65. The van der Waals surface area contributed by atoms with Gasteiger partial charge in [0.1, 0.15) is 22.2 Å². The number of nitrogens with one attached hydrogen (secondary N) is 1. The van der Waals surface area contributed by atoms with E-state index in [0.29, 0.717) is 6.42 Å². The minimum Gasteiger partial charge on any atom is -0.496 e. The van der Waals surface area contributed by atoms with Crippen LogP contribution < -0.4 is 10.1 Å². The predicted octanol–water partition coefficient (Wildman–Crippen LogP) is 3.72. The van der Waals surface area contributed by atoms with Gasteiger partial charge in [-0.25, -0.2) is 9.97 Å². The summed E-state index contributed by atoms with van der Waals surface area (Å²) in [6.07, 6.45) is 0.663. The molecule has 21 heavy (non-hydrogen) atoms. The lowest BCUT2D eigenvalue weighted by Gasteiger charge is -2.09. The van der Waals surface area contributed by atoms with E-state index in [9.17, 15) is 0 Å². The van der Waals surface area contributed by atoms with Crippen LogP contribution in [0.5, 0.6) is 5.75 Å². The van der Waals surface area contributed by atoms with Gasteiger partial charge in [0.15, 0.2) is 0 Å². The third kappa shape index (κ3) is 2.83. The number of hydrogen-bond donors (Lipinski definition) is 1. The van der Waals surface area contributed by atoms with E-state index in [1.165, 1.54) is 0 Å². The summed E-state index contributed by atoms with van der Waals surface area (Å²) < 4.78 is 5.40. The zero-order valence-electron chi connectivity index (χ0n) is 12.1. The number of para-hydroxylation sites is 1. The summed E-state index contributed by atoms with van der Waals surface area (Å²) in [5.74, 6) is 2.59. The Kier molecular flexibility index (Phi) is 4.01. The fourth-order valence-electron chi connectivity index (χ4n) is 2.30. The molecule has 0 unspecified atom stereocenters. The van der Waals surface area contributed by atoms with E-state index in [1.807, 2.05) is 29.6 Å². The van der Waals surface area contributed by atoms with E-state index >= 15 is 0 Å². The molecule has 0 spiro atoms. The summed E-state index contributed by atoms with van der Waals surface area (Å²) in [7, 11) is 1.69. The van der Waals surface area contributed by atoms with Crippen LogP contribution in [0.3, 0.4) is 0 Å². The van der Waals surface area contributed by atoms with Gasteiger partial charge in [0.2, 0.25) is 0 Å². The van der Waals surface area contributed by atoms with Crippen LogP contribution in [0.1, 0.15) is 18.3 Å². The quantitative estimate of drug-likeness (QED) is 0.780. The monoisotopic (exact) mass is 299 g/mol. The maximum absolute atomic E-state index is 5.40. The molecule has 0 aliphatic heterocycles. The van der Waals surface area contributed by atoms with Crippen molar-refractivity contribution in [1.82, 2.24) is 9.97 Å². The van der Waals surface area contributed by atoms with Crippen LogP contribution in [0.25, 0.3) is 10.2 Å². The Bertz CT molecular complexity index is 754. The fraction of sp³-hybridized carbons (Fsp3) is 0.250. The molecule has 0 atom stereocenters. The van der Waals surface area contributed by atoms with Gasteiger partial charge < -0.3 is 10.1 Å². The number of hydrogen-bond acceptors (Lipinski definition) is 5. The highest BCUT2D eigenvalue weighted by molar-refractivity contribution is 7.16. The highest BCUT2D eigenvalue weighted by Gasteiger charge is 2.10. The summed E-state index contributed by atoms with van der Waals surface area (Å²) >= 11 is 1.64. The van der Waals surface area contributed by atoms with Crippen LogP contribution in [-0.4, -0.2) is 23.6 Å². The molecule has 2 aromatic heterocycles. The molecule has 3 rings (SSSR count). The molecule has 1 aromatic carbocycles. The summed E-state index contributed by atoms with van der Waals surface area (Å²) in [5, 5.41) is 6.45. The van der Waals surface area contributed by atoms with Gasteiger partial charge in [0.05, 0.1) is 12.5 Å². The SMILES string of the molecule is CCNc1nc(Cc2ccccc2OC)nc2sccc12. The number of aromatic nitrogens is 2. The summed E-state index contributed by atoms with van der Waals surface area (Å²) in [4.78, 5) is 10.3. The van der Waals surface area contributed by atoms with Gasteiger partial charge in [-0.15, -0.1) is 11.3 Å². The molecule has 0 saturated heterocycles. The average molecular weight is 299 g/mol. The number of nitrogens with zero attached hydrogens (tertiary/aromatic N) is 2. The predicted molar refractivity (Wildman–Crippen MR) is 87.4 cm³/mol. The number of rotatable bonds is 5. The van der Waals surface area contributed by atoms with E-state index < -0.39 is 0 Å². The van der Waals surface area contributed by atoms with Gasteiger partial charge in [-0.3, -0.25) is 0 Å². The largest absolute Gasteiger partial charge is 0.496 e. The van der Waals surface area contributed by atoms with E-state index in [2.05, 4.69) is 28.3 Å². The topological polar surface area (TPSA) is 47.0 Å². The van der Waals surface area contributed by atoms with Crippen LogP contribution in [0.2, 0.25) is 0 Å². The van der Waals surface area contributed by atoms with Crippen molar-refractivity contribution in [3.8, 4) is 5.75 Å². The molecule has 0 fully saturated rings. The molecule has 2 heterocycles. The number of ether oxygens (including phenoxy) is 1. The maximum atomic E-state index is 5.40. The van der Waals surface area contributed by atoms with Crippen molar-refractivity contribution in [3.05, 3.63) is 47.1 Å². The van der Waals surface area contributed by atoms with Crippen LogP contribution in [0, 0.1) is 0 Å². The normalized spacial score (nSPS) is 10.8. The lowest BCUT2D eigenvalue weighted by molar-refractivity contribution is 0.410. The van der Waals surface area contributed by atoms with Gasteiger partial charge in [0, 0.05) is 18.5 Å². The number of thiophene rings is 1. The van der Waals surface area contributed by atoms with Crippen molar-refractivity contribution >= 4 is 27.4 Å². The smallest absolute Gasteiger partial charge is 0.138 e. The van der Waals surface area contributed by atoms with Crippen molar-refractivity contribution in [2.45, 2.75) is 13.3 Å².